The van der Waals surface area contributed by atoms with Crippen LogP contribution in [0, 0.1) is 18.3 Å². The van der Waals surface area contributed by atoms with Crippen LogP contribution in [0.1, 0.15) is 99.9 Å². The Morgan fingerprint density at radius 2 is 1.75 bits per heavy atom. The van der Waals surface area contributed by atoms with Gasteiger partial charge in [-0.1, -0.05) is 58.1 Å². The maximum absolute atomic E-state index is 12.3. The van der Waals surface area contributed by atoms with Gasteiger partial charge < -0.3 is 4.74 Å². The number of benzene rings is 1. The molecule has 0 heterocycles. The minimum Gasteiger partial charge on any atom is -0.450 e. The molecule has 2 rings (SSSR count). The quantitative estimate of drug-likeness (QED) is 0.213. The van der Waals surface area contributed by atoms with Crippen LogP contribution in [0.4, 0.5) is 0 Å². The molecule has 3 heteroatoms. The molecule has 0 N–H and O–H groups in total. The Balaban J connectivity index is 1.83. The number of carbonyl (C=O) groups excluding carboxylic acids is 2. The molecule has 1 unspecified atom stereocenters. The molecular weight excluding hydrogens is 348 g/mol. The Hall–Kier alpha value is -2.08. The van der Waals surface area contributed by atoms with Crippen LogP contribution in [0.5, 0.6) is 0 Å². The summed E-state index contributed by atoms with van der Waals surface area (Å²) in [6.45, 7) is 4.03. The summed E-state index contributed by atoms with van der Waals surface area (Å²) in [7, 11) is 0. The zero-order valence-corrected chi connectivity index (χ0v) is 17.4. The van der Waals surface area contributed by atoms with Crippen molar-refractivity contribution in [1.29, 1.82) is 0 Å². The first-order valence-electron chi connectivity index (χ1n) is 10.9. The Kier molecular flexibility index (Phi) is 9.28. The molecule has 0 aliphatic heterocycles. The van der Waals surface area contributed by atoms with Crippen molar-refractivity contribution in [3.63, 3.8) is 0 Å². The first kappa shape index (κ1) is 22.2. The molecule has 0 spiro atoms. The lowest BCUT2D eigenvalue weighted by Gasteiger charge is -2.29. The Morgan fingerprint density at radius 3 is 2.32 bits per heavy atom. The highest BCUT2D eigenvalue weighted by molar-refractivity contribution is 6.00. The molecule has 0 aromatic heterocycles. The summed E-state index contributed by atoms with van der Waals surface area (Å²) < 4.78 is 5.26. The molecule has 1 saturated carbocycles. The summed E-state index contributed by atoms with van der Waals surface area (Å²) in [4.78, 5) is 23.9. The minimum absolute atomic E-state index is 0.383. The normalized spacial score (nSPS) is 20.2. The van der Waals surface area contributed by atoms with Crippen molar-refractivity contribution in [3.05, 3.63) is 35.4 Å². The van der Waals surface area contributed by atoms with Crippen molar-refractivity contribution in [2.45, 2.75) is 90.1 Å². The van der Waals surface area contributed by atoms with Crippen molar-refractivity contribution in [2.24, 2.45) is 5.92 Å². The molecule has 152 valence electrons. The van der Waals surface area contributed by atoms with Crippen LogP contribution in [-0.4, -0.2) is 17.9 Å². The number of rotatable bonds is 10. The molecule has 1 aromatic rings. The van der Waals surface area contributed by atoms with Crippen LogP contribution in [-0.2, 0) is 9.53 Å². The van der Waals surface area contributed by atoms with Gasteiger partial charge in [0.15, 0.2) is 6.10 Å². The molecule has 1 atom stereocenters. The number of Topliss-reactive ketones (excluding diaryl/α,β-unsaturated/α-hetero) is 1. The fourth-order valence-electron chi connectivity index (χ4n) is 4.15. The van der Waals surface area contributed by atoms with Gasteiger partial charge in [0.25, 0.3) is 0 Å². The molecule has 1 aromatic carbocycles. The summed E-state index contributed by atoms with van der Waals surface area (Å²) >= 11 is 0. The summed E-state index contributed by atoms with van der Waals surface area (Å²) in [5.41, 5.74) is 1.77. The largest absolute Gasteiger partial charge is 0.450 e. The number of hydrogen-bond acceptors (Lipinski definition) is 3. The number of terminal acetylenes is 1. The SMILES string of the molecule is C#CC(=O)C(CC)OC(=O)c1ccc([C@H]2CC[C@H](CCCCCC)CC2)cc1. The van der Waals surface area contributed by atoms with Crippen molar-refractivity contribution in [1.82, 2.24) is 0 Å². The zero-order valence-electron chi connectivity index (χ0n) is 17.4. The predicted molar refractivity (Wildman–Crippen MR) is 113 cm³/mol. The van der Waals surface area contributed by atoms with Crippen molar-refractivity contribution >= 4 is 11.8 Å². The third-order valence-corrected chi connectivity index (χ3v) is 5.99. The van der Waals surface area contributed by atoms with E-state index in [1.54, 1.807) is 6.92 Å². The van der Waals surface area contributed by atoms with E-state index in [0.717, 1.165) is 5.92 Å². The van der Waals surface area contributed by atoms with Crippen LogP contribution in [0.25, 0.3) is 0 Å². The van der Waals surface area contributed by atoms with Gasteiger partial charge in [0.05, 0.1) is 5.56 Å². The van der Waals surface area contributed by atoms with Gasteiger partial charge in [-0.05, 0) is 67.6 Å². The molecular formula is C25H34O3. The van der Waals surface area contributed by atoms with E-state index in [0.29, 0.717) is 17.9 Å². The first-order valence-corrected chi connectivity index (χ1v) is 10.9. The van der Waals surface area contributed by atoms with E-state index >= 15 is 0 Å². The van der Waals surface area contributed by atoms with Gasteiger partial charge in [-0.2, -0.15) is 0 Å². The van der Waals surface area contributed by atoms with E-state index in [1.807, 2.05) is 30.2 Å². The summed E-state index contributed by atoms with van der Waals surface area (Å²) in [5, 5.41) is 0. The smallest absolute Gasteiger partial charge is 0.338 e. The van der Waals surface area contributed by atoms with E-state index in [9.17, 15) is 9.59 Å². The molecule has 0 radical (unpaired) electrons. The Bertz CT molecular complexity index is 660. The van der Waals surface area contributed by atoms with Crippen LogP contribution in [0.2, 0.25) is 0 Å². The molecule has 3 nitrogen and oxygen atoms in total. The average molecular weight is 383 g/mol. The molecule has 1 aliphatic rings. The van der Waals surface area contributed by atoms with E-state index in [2.05, 4.69) is 6.92 Å². The molecule has 0 amide bonds. The molecule has 1 aliphatic carbocycles. The van der Waals surface area contributed by atoms with Gasteiger partial charge in [-0.25, -0.2) is 4.79 Å². The van der Waals surface area contributed by atoms with E-state index < -0.39 is 17.9 Å². The number of esters is 1. The van der Waals surface area contributed by atoms with E-state index in [4.69, 9.17) is 11.2 Å². The molecule has 0 bridgehead atoms. The second kappa shape index (κ2) is 11.7. The lowest BCUT2D eigenvalue weighted by atomic mass is 9.77. The van der Waals surface area contributed by atoms with Crippen LogP contribution in [0.3, 0.4) is 0 Å². The highest BCUT2D eigenvalue weighted by Gasteiger charge is 2.23. The molecule has 1 fully saturated rings. The van der Waals surface area contributed by atoms with Gasteiger partial charge in [0.2, 0.25) is 5.78 Å². The number of ether oxygens (including phenoxy) is 1. The average Bonchev–Trinajstić information content (AvgIpc) is 2.75. The summed E-state index contributed by atoms with van der Waals surface area (Å²) in [6, 6.07) is 7.68. The maximum Gasteiger partial charge on any atom is 0.338 e. The fourth-order valence-corrected chi connectivity index (χ4v) is 4.15. The van der Waals surface area contributed by atoms with Gasteiger partial charge in [-0.3, -0.25) is 4.79 Å². The molecule has 0 saturated heterocycles. The van der Waals surface area contributed by atoms with Crippen molar-refractivity contribution < 1.29 is 14.3 Å². The highest BCUT2D eigenvalue weighted by atomic mass is 16.5. The topological polar surface area (TPSA) is 43.4 Å². The van der Waals surface area contributed by atoms with Crippen LogP contribution in [0.15, 0.2) is 24.3 Å². The lowest BCUT2D eigenvalue weighted by Crippen LogP contribution is -2.25. The number of unbranched alkanes of at least 4 members (excludes halogenated alkanes) is 3. The predicted octanol–water partition coefficient (Wildman–Crippen LogP) is 6.07. The highest BCUT2D eigenvalue weighted by Crippen LogP contribution is 2.37. The van der Waals surface area contributed by atoms with Crippen molar-refractivity contribution in [2.75, 3.05) is 0 Å². The third kappa shape index (κ3) is 6.51. The summed E-state index contributed by atoms with van der Waals surface area (Å²) in [5.74, 6) is 2.53. The second-order valence-corrected chi connectivity index (χ2v) is 8.00. The maximum atomic E-state index is 12.3. The van der Waals surface area contributed by atoms with Gasteiger partial charge in [0.1, 0.15) is 0 Å². The van der Waals surface area contributed by atoms with Gasteiger partial charge in [-0.15, -0.1) is 6.42 Å². The second-order valence-electron chi connectivity index (χ2n) is 8.00. The van der Waals surface area contributed by atoms with E-state index in [1.165, 1.54) is 63.4 Å². The number of hydrogen-bond donors (Lipinski definition) is 0. The van der Waals surface area contributed by atoms with Gasteiger partial charge >= 0.3 is 5.97 Å². The molecule has 28 heavy (non-hydrogen) atoms. The fraction of sp³-hybridized carbons (Fsp3) is 0.600. The number of carbonyl (C=O) groups is 2. The Morgan fingerprint density at radius 1 is 1.07 bits per heavy atom. The lowest BCUT2D eigenvalue weighted by molar-refractivity contribution is -0.122. The zero-order chi connectivity index (χ0) is 20.4. The van der Waals surface area contributed by atoms with Crippen LogP contribution < -0.4 is 0 Å². The van der Waals surface area contributed by atoms with Gasteiger partial charge in [0, 0.05) is 0 Å². The standard InChI is InChI=1S/C25H34O3/c1-4-7-8-9-10-19-11-13-20(14-12-19)21-15-17-22(18-16-21)25(27)28-24(6-3)23(26)5-2/h2,15-20,24H,4,6-14H2,1,3H3/t19-,20-,24?. The number of ketones is 1. The van der Waals surface area contributed by atoms with Crippen LogP contribution >= 0.6 is 0 Å². The Labute approximate surface area is 170 Å². The van der Waals surface area contributed by atoms with E-state index in [-0.39, 0.29) is 0 Å². The minimum atomic E-state index is -0.857. The third-order valence-electron chi connectivity index (χ3n) is 5.99. The first-order chi connectivity index (χ1) is 13.6. The monoisotopic (exact) mass is 382 g/mol. The van der Waals surface area contributed by atoms with Crippen molar-refractivity contribution in [3.8, 4) is 12.3 Å². The summed E-state index contributed by atoms with van der Waals surface area (Å²) in [6.07, 6.45) is 16.5.